The van der Waals surface area contributed by atoms with Crippen LogP contribution in [-0.2, 0) is 0 Å². The van der Waals surface area contributed by atoms with Crippen molar-refractivity contribution in [1.82, 2.24) is 20.2 Å². The van der Waals surface area contributed by atoms with E-state index in [1.54, 1.807) is 40.9 Å². The highest BCUT2D eigenvalue weighted by Crippen LogP contribution is 2.37. The van der Waals surface area contributed by atoms with Gasteiger partial charge in [-0.05, 0) is 26.0 Å². The Morgan fingerprint density at radius 2 is 2.08 bits per heavy atom. The Morgan fingerprint density at radius 1 is 1.33 bits per heavy atom. The second-order valence-electron chi connectivity index (χ2n) is 5.31. The van der Waals surface area contributed by atoms with Crippen molar-refractivity contribution in [3.05, 3.63) is 52.6 Å². The molecule has 3 rings (SSSR count). The minimum Gasteiger partial charge on any atom is -0.309 e. The van der Waals surface area contributed by atoms with Crippen LogP contribution in [-0.4, -0.2) is 25.9 Å². The zero-order chi connectivity index (χ0) is 17.1. The summed E-state index contributed by atoms with van der Waals surface area (Å²) in [6, 6.07) is 7.34. The van der Waals surface area contributed by atoms with Crippen LogP contribution in [0.15, 0.2) is 49.9 Å². The number of nitrogens with zero attached hydrogens (tertiary/aromatic N) is 3. The number of thioether (sulfide) groups is 2. The summed E-state index contributed by atoms with van der Waals surface area (Å²) in [7, 11) is 0. The van der Waals surface area contributed by atoms with E-state index in [1.807, 2.05) is 32.0 Å². The third kappa shape index (κ3) is 4.06. The van der Waals surface area contributed by atoms with Crippen LogP contribution in [0, 0.1) is 0 Å². The van der Waals surface area contributed by atoms with Gasteiger partial charge in [0.05, 0.1) is 16.2 Å². The second-order valence-corrected chi connectivity index (χ2v) is 9.10. The van der Waals surface area contributed by atoms with Crippen molar-refractivity contribution in [3.63, 3.8) is 0 Å². The molecule has 1 N–H and O–H groups in total. The fraction of sp³-hybridized carbons (Fsp3) is 0.250. The SMILES string of the molecule is C=C(C)CSc1nnc(S[C@H](C)c2nc3ccccc3c(=O)[nH]2)s1. The number of fused-ring (bicyclic) bond motifs is 1. The number of para-hydroxylation sites is 1. The van der Waals surface area contributed by atoms with Gasteiger partial charge in [0.15, 0.2) is 8.68 Å². The largest absolute Gasteiger partial charge is 0.309 e. The van der Waals surface area contributed by atoms with Gasteiger partial charge in [0, 0.05) is 5.75 Å². The Hall–Kier alpha value is -1.64. The van der Waals surface area contributed by atoms with Crippen LogP contribution in [0.1, 0.15) is 24.9 Å². The molecule has 124 valence electrons. The smallest absolute Gasteiger partial charge is 0.258 e. The van der Waals surface area contributed by atoms with Gasteiger partial charge in [-0.25, -0.2) is 4.98 Å². The molecule has 0 aliphatic rings. The van der Waals surface area contributed by atoms with Crippen molar-refractivity contribution in [2.24, 2.45) is 0 Å². The second kappa shape index (κ2) is 7.50. The molecule has 0 radical (unpaired) electrons. The molecule has 0 saturated heterocycles. The predicted molar refractivity (Wildman–Crippen MR) is 102 cm³/mol. The van der Waals surface area contributed by atoms with Crippen molar-refractivity contribution in [1.29, 1.82) is 0 Å². The molecule has 0 bridgehead atoms. The Bertz CT molecular complexity index is 934. The summed E-state index contributed by atoms with van der Waals surface area (Å²) in [6.07, 6.45) is 0. The third-order valence-electron chi connectivity index (χ3n) is 3.12. The first-order valence-corrected chi connectivity index (χ1v) is 9.97. The summed E-state index contributed by atoms with van der Waals surface area (Å²) in [5, 5.41) is 8.97. The molecule has 0 spiro atoms. The van der Waals surface area contributed by atoms with Crippen molar-refractivity contribution in [2.75, 3.05) is 5.75 Å². The number of hydrogen-bond acceptors (Lipinski definition) is 7. The normalized spacial score (nSPS) is 12.4. The van der Waals surface area contributed by atoms with E-state index >= 15 is 0 Å². The first-order chi connectivity index (χ1) is 11.5. The number of nitrogens with one attached hydrogen (secondary N) is 1. The lowest BCUT2D eigenvalue weighted by Gasteiger charge is -2.08. The minimum atomic E-state index is -0.113. The van der Waals surface area contributed by atoms with Crippen molar-refractivity contribution >= 4 is 45.8 Å². The fourth-order valence-electron chi connectivity index (χ4n) is 1.99. The maximum atomic E-state index is 12.2. The third-order valence-corrected chi connectivity index (χ3v) is 6.60. The molecule has 0 aliphatic carbocycles. The van der Waals surface area contributed by atoms with E-state index in [0.29, 0.717) is 16.7 Å². The molecular weight excluding hydrogens is 360 g/mol. The maximum absolute atomic E-state index is 12.2. The van der Waals surface area contributed by atoms with Crippen LogP contribution in [0.25, 0.3) is 10.9 Å². The molecule has 0 amide bonds. The molecule has 0 fully saturated rings. The van der Waals surface area contributed by atoms with E-state index < -0.39 is 0 Å². The number of aromatic nitrogens is 4. The molecule has 24 heavy (non-hydrogen) atoms. The van der Waals surface area contributed by atoms with Crippen molar-refractivity contribution < 1.29 is 0 Å². The molecule has 1 aromatic carbocycles. The highest BCUT2D eigenvalue weighted by Gasteiger charge is 2.15. The van der Waals surface area contributed by atoms with Gasteiger partial charge in [-0.3, -0.25) is 4.79 Å². The van der Waals surface area contributed by atoms with Gasteiger partial charge in [0.1, 0.15) is 5.82 Å². The molecule has 0 unspecified atom stereocenters. The minimum absolute atomic E-state index is 0.0192. The lowest BCUT2D eigenvalue weighted by molar-refractivity contribution is 0.910. The Balaban J connectivity index is 1.76. The lowest BCUT2D eigenvalue weighted by atomic mass is 10.2. The van der Waals surface area contributed by atoms with E-state index in [9.17, 15) is 4.79 Å². The molecule has 0 saturated carbocycles. The summed E-state index contributed by atoms with van der Waals surface area (Å²) < 4.78 is 1.79. The van der Waals surface area contributed by atoms with E-state index in [2.05, 4.69) is 26.7 Å². The summed E-state index contributed by atoms with van der Waals surface area (Å²) in [5.74, 6) is 1.49. The molecular formula is C16H16N4OS3. The predicted octanol–water partition coefficient (Wildman–Crippen LogP) is 4.30. The first kappa shape index (κ1) is 17.2. The summed E-state index contributed by atoms with van der Waals surface area (Å²) in [6.45, 7) is 7.88. The van der Waals surface area contributed by atoms with Crippen LogP contribution in [0.2, 0.25) is 0 Å². The van der Waals surface area contributed by atoms with E-state index in [1.165, 1.54) is 0 Å². The fourth-order valence-corrected chi connectivity index (χ4v) is 5.06. The standard InChI is InChI=1S/C16H16N4OS3/c1-9(2)8-22-15-19-20-16(24-15)23-10(3)13-17-12-7-5-4-6-11(12)14(21)18-13/h4-7,10H,1,8H2,2-3H3,(H,17,18,21)/t10-/m1/s1. The average Bonchev–Trinajstić information content (AvgIpc) is 3.00. The number of hydrogen-bond donors (Lipinski definition) is 1. The van der Waals surface area contributed by atoms with E-state index in [0.717, 1.165) is 20.0 Å². The molecule has 3 aromatic rings. The van der Waals surface area contributed by atoms with E-state index in [-0.39, 0.29) is 10.8 Å². The van der Waals surface area contributed by atoms with Gasteiger partial charge < -0.3 is 4.98 Å². The van der Waals surface area contributed by atoms with Gasteiger partial charge in [-0.15, -0.1) is 10.2 Å². The topological polar surface area (TPSA) is 71.5 Å². The molecule has 2 aromatic heterocycles. The number of aromatic amines is 1. The zero-order valence-corrected chi connectivity index (χ0v) is 15.7. The molecule has 8 heteroatoms. The highest BCUT2D eigenvalue weighted by atomic mass is 32.2. The van der Waals surface area contributed by atoms with Gasteiger partial charge in [0.2, 0.25) is 0 Å². The monoisotopic (exact) mass is 376 g/mol. The summed E-state index contributed by atoms with van der Waals surface area (Å²) in [4.78, 5) is 19.6. The van der Waals surface area contributed by atoms with Crippen LogP contribution < -0.4 is 5.56 Å². The van der Waals surface area contributed by atoms with Gasteiger partial charge in [0.25, 0.3) is 5.56 Å². The first-order valence-electron chi connectivity index (χ1n) is 7.29. The van der Waals surface area contributed by atoms with Crippen molar-refractivity contribution in [3.8, 4) is 0 Å². The van der Waals surface area contributed by atoms with Crippen molar-refractivity contribution in [2.45, 2.75) is 27.8 Å². The molecule has 5 nitrogen and oxygen atoms in total. The van der Waals surface area contributed by atoms with Gasteiger partial charge in [-0.2, -0.15) is 0 Å². The van der Waals surface area contributed by atoms with Crippen LogP contribution in [0.5, 0.6) is 0 Å². The molecule has 1 atom stereocenters. The number of benzene rings is 1. The Kier molecular flexibility index (Phi) is 5.37. The lowest BCUT2D eigenvalue weighted by Crippen LogP contribution is -2.12. The van der Waals surface area contributed by atoms with Crippen LogP contribution in [0.3, 0.4) is 0 Å². The molecule has 2 heterocycles. The number of rotatable bonds is 6. The number of H-pyrrole nitrogens is 1. The Morgan fingerprint density at radius 3 is 2.88 bits per heavy atom. The van der Waals surface area contributed by atoms with Crippen LogP contribution >= 0.6 is 34.9 Å². The zero-order valence-electron chi connectivity index (χ0n) is 13.3. The Labute approximate surface area is 152 Å². The summed E-state index contributed by atoms with van der Waals surface area (Å²) in [5.41, 5.74) is 1.70. The average molecular weight is 377 g/mol. The maximum Gasteiger partial charge on any atom is 0.258 e. The highest BCUT2D eigenvalue weighted by molar-refractivity contribution is 8.03. The van der Waals surface area contributed by atoms with Gasteiger partial charge >= 0.3 is 0 Å². The molecule has 0 aliphatic heterocycles. The van der Waals surface area contributed by atoms with Gasteiger partial charge in [-0.1, -0.05) is 59.1 Å². The van der Waals surface area contributed by atoms with E-state index in [4.69, 9.17) is 0 Å². The van der Waals surface area contributed by atoms with Crippen LogP contribution in [0.4, 0.5) is 0 Å². The quantitative estimate of drug-likeness (QED) is 0.511. The summed E-state index contributed by atoms with van der Waals surface area (Å²) >= 11 is 4.73.